The summed E-state index contributed by atoms with van der Waals surface area (Å²) >= 11 is 0. The highest BCUT2D eigenvalue weighted by atomic mass is 16.4. The van der Waals surface area contributed by atoms with Crippen LogP contribution in [0, 0.1) is 11.8 Å². The van der Waals surface area contributed by atoms with Gasteiger partial charge in [-0.2, -0.15) is 0 Å². The SMILES string of the molecule is C=C(C1CC1)C1CC1.CC(=O)O. The topological polar surface area (TPSA) is 37.3 Å². The van der Waals surface area contributed by atoms with E-state index < -0.39 is 5.97 Å². The summed E-state index contributed by atoms with van der Waals surface area (Å²) in [4.78, 5) is 9.00. The van der Waals surface area contributed by atoms with E-state index in [1.165, 1.54) is 25.7 Å². The van der Waals surface area contributed by atoms with Crippen molar-refractivity contribution in [3.8, 4) is 0 Å². The van der Waals surface area contributed by atoms with Crippen LogP contribution in [0.25, 0.3) is 0 Å². The molecule has 0 aromatic carbocycles. The number of hydrogen-bond donors (Lipinski definition) is 1. The Morgan fingerprint density at radius 2 is 1.50 bits per heavy atom. The second-order valence-corrected chi connectivity index (χ2v) is 3.64. The third-order valence-corrected chi connectivity index (χ3v) is 2.20. The van der Waals surface area contributed by atoms with Gasteiger partial charge in [-0.1, -0.05) is 12.2 Å². The Balaban J connectivity index is 0.000000157. The molecule has 68 valence electrons. The highest BCUT2D eigenvalue weighted by Crippen LogP contribution is 2.47. The minimum absolute atomic E-state index is 0.833. The van der Waals surface area contributed by atoms with Crippen LogP contribution in [0.2, 0.25) is 0 Å². The Morgan fingerprint density at radius 1 is 1.25 bits per heavy atom. The van der Waals surface area contributed by atoms with E-state index in [9.17, 15) is 0 Å². The molecule has 0 saturated heterocycles. The first-order valence-corrected chi connectivity index (χ1v) is 4.49. The fraction of sp³-hybridized carbons (Fsp3) is 0.700. The second kappa shape index (κ2) is 3.74. The number of aliphatic carboxylic acids is 1. The monoisotopic (exact) mass is 168 g/mol. The summed E-state index contributed by atoms with van der Waals surface area (Å²) in [6.45, 7) is 5.16. The van der Waals surface area contributed by atoms with E-state index >= 15 is 0 Å². The first kappa shape index (κ1) is 9.30. The van der Waals surface area contributed by atoms with Gasteiger partial charge in [0.05, 0.1) is 0 Å². The summed E-state index contributed by atoms with van der Waals surface area (Å²) in [6.07, 6.45) is 5.76. The Bertz CT molecular complexity index is 170. The standard InChI is InChI=1S/C8H12.C2H4O2/c1-6(7-2-3-7)8-4-5-8;1-2(3)4/h7-8H,1-5H2;1H3,(H,3,4). The Hall–Kier alpha value is -0.790. The van der Waals surface area contributed by atoms with E-state index in [1.54, 1.807) is 5.57 Å². The molecule has 0 bridgehead atoms. The van der Waals surface area contributed by atoms with Crippen LogP contribution in [0.1, 0.15) is 32.6 Å². The molecule has 0 heterocycles. The minimum Gasteiger partial charge on any atom is -0.481 e. The van der Waals surface area contributed by atoms with E-state index in [1.807, 2.05) is 0 Å². The quantitative estimate of drug-likeness (QED) is 0.643. The molecule has 0 radical (unpaired) electrons. The van der Waals surface area contributed by atoms with Crippen molar-refractivity contribution in [2.45, 2.75) is 32.6 Å². The summed E-state index contributed by atoms with van der Waals surface area (Å²) in [5.41, 5.74) is 1.57. The van der Waals surface area contributed by atoms with Gasteiger partial charge >= 0.3 is 0 Å². The lowest BCUT2D eigenvalue weighted by Crippen LogP contribution is -1.83. The molecule has 0 aromatic heterocycles. The molecule has 2 aliphatic carbocycles. The zero-order valence-corrected chi connectivity index (χ0v) is 7.55. The summed E-state index contributed by atoms with van der Waals surface area (Å²) < 4.78 is 0. The maximum atomic E-state index is 9.00. The van der Waals surface area contributed by atoms with Crippen LogP contribution in [-0.2, 0) is 4.79 Å². The summed E-state index contributed by atoms with van der Waals surface area (Å²) in [6, 6.07) is 0. The lowest BCUT2D eigenvalue weighted by atomic mass is 10.1. The lowest BCUT2D eigenvalue weighted by molar-refractivity contribution is -0.134. The number of rotatable bonds is 2. The van der Waals surface area contributed by atoms with Crippen LogP contribution >= 0.6 is 0 Å². The van der Waals surface area contributed by atoms with Crippen molar-refractivity contribution in [1.82, 2.24) is 0 Å². The van der Waals surface area contributed by atoms with Gasteiger partial charge in [0.2, 0.25) is 0 Å². The minimum atomic E-state index is -0.833. The van der Waals surface area contributed by atoms with Gasteiger partial charge in [0, 0.05) is 6.92 Å². The molecule has 0 unspecified atom stereocenters. The molecule has 2 saturated carbocycles. The average molecular weight is 168 g/mol. The van der Waals surface area contributed by atoms with E-state index in [0.29, 0.717) is 0 Å². The first-order valence-electron chi connectivity index (χ1n) is 4.49. The zero-order valence-electron chi connectivity index (χ0n) is 7.55. The van der Waals surface area contributed by atoms with E-state index in [0.717, 1.165) is 18.8 Å². The molecule has 1 N–H and O–H groups in total. The smallest absolute Gasteiger partial charge is 0.300 e. The van der Waals surface area contributed by atoms with E-state index in [4.69, 9.17) is 9.90 Å². The van der Waals surface area contributed by atoms with Crippen molar-refractivity contribution in [3.05, 3.63) is 12.2 Å². The maximum absolute atomic E-state index is 9.00. The largest absolute Gasteiger partial charge is 0.481 e. The van der Waals surface area contributed by atoms with Gasteiger partial charge in [-0.15, -0.1) is 0 Å². The molecule has 2 rings (SSSR count). The van der Waals surface area contributed by atoms with Crippen molar-refractivity contribution < 1.29 is 9.90 Å². The van der Waals surface area contributed by atoms with Crippen molar-refractivity contribution in [3.63, 3.8) is 0 Å². The molecule has 2 nitrogen and oxygen atoms in total. The number of carboxylic acid groups (broad SMARTS) is 1. The van der Waals surface area contributed by atoms with Crippen molar-refractivity contribution in [2.24, 2.45) is 11.8 Å². The molecule has 2 aliphatic rings. The Morgan fingerprint density at radius 3 is 1.67 bits per heavy atom. The zero-order chi connectivity index (χ0) is 9.14. The predicted molar refractivity (Wildman–Crippen MR) is 47.9 cm³/mol. The van der Waals surface area contributed by atoms with E-state index in [-0.39, 0.29) is 0 Å². The maximum Gasteiger partial charge on any atom is 0.300 e. The summed E-state index contributed by atoms with van der Waals surface area (Å²) in [7, 11) is 0. The fourth-order valence-corrected chi connectivity index (χ4v) is 1.24. The molecule has 0 spiro atoms. The lowest BCUT2D eigenvalue weighted by Gasteiger charge is -1.95. The van der Waals surface area contributed by atoms with Gasteiger partial charge in [-0.3, -0.25) is 4.79 Å². The average Bonchev–Trinajstić information content (AvgIpc) is 2.83. The van der Waals surface area contributed by atoms with Gasteiger partial charge < -0.3 is 5.11 Å². The van der Waals surface area contributed by atoms with Gasteiger partial charge in [-0.05, 0) is 37.5 Å². The number of hydrogen-bond acceptors (Lipinski definition) is 1. The molecule has 0 amide bonds. The number of carboxylic acids is 1. The Kier molecular flexibility index (Phi) is 2.90. The van der Waals surface area contributed by atoms with Crippen LogP contribution < -0.4 is 0 Å². The summed E-state index contributed by atoms with van der Waals surface area (Å²) in [5, 5.41) is 7.42. The molecule has 12 heavy (non-hydrogen) atoms. The highest BCUT2D eigenvalue weighted by molar-refractivity contribution is 5.62. The van der Waals surface area contributed by atoms with Gasteiger partial charge in [0.25, 0.3) is 5.97 Å². The van der Waals surface area contributed by atoms with E-state index in [2.05, 4.69) is 6.58 Å². The van der Waals surface area contributed by atoms with Crippen molar-refractivity contribution in [1.29, 1.82) is 0 Å². The van der Waals surface area contributed by atoms with Crippen LogP contribution in [0.3, 0.4) is 0 Å². The fourth-order valence-electron chi connectivity index (χ4n) is 1.24. The van der Waals surface area contributed by atoms with Crippen LogP contribution in [-0.4, -0.2) is 11.1 Å². The van der Waals surface area contributed by atoms with Crippen LogP contribution in [0.15, 0.2) is 12.2 Å². The third kappa shape index (κ3) is 3.56. The highest BCUT2D eigenvalue weighted by Gasteiger charge is 2.34. The van der Waals surface area contributed by atoms with Gasteiger partial charge in [0.15, 0.2) is 0 Å². The molecular formula is C10H16O2. The number of allylic oxidation sites excluding steroid dienone is 1. The predicted octanol–water partition coefficient (Wildman–Crippen LogP) is 2.45. The van der Waals surface area contributed by atoms with Crippen LogP contribution in [0.4, 0.5) is 0 Å². The third-order valence-electron chi connectivity index (χ3n) is 2.20. The van der Waals surface area contributed by atoms with Gasteiger partial charge in [0.1, 0.15) is 0 Å². The first-order chi connectivity index (χ1) is 5.61. The molecule has 2 heteroatoms. The molecule has 0 atom stereocenters. The van der Waals surface area contributed by atoms with Crippen molar-refractivity contribution >= 4 is 5.97 Å². The molecule has 0 aliphatic heterocycles. The molecule has 2 fully saturated rings. The molecular weight excluding hydrogens is 152 g/mol. The molecule has 0 aromatic rings. The van der Waals surface area contributed by atoms with Crippen LogP contribution in [0.5, 0.6) is 0 Å². The Labute approximate surface area is 73.3 Å². The van der Waals surface area contributed by atoms with Crippen molar-refractivity contribution in [2.75, 3.05) is 0 Å². The second-order valence-electron chi connectivity index (χ2n) is 3.64. The van der Waals surface area contributed by atoms with Gasteiger partial charge in [-0.25, -0.2) is 0 Å². The normalized spacial score (nSPS) is 20.8. The number of carbonyl (C=O) groups is 1. The summed E-state index contributed by atoms with van der Waals surface area (Å²) in [5.74, 6) is 1.09.